The van der Waals surface area contributed by atoms with Crippen LogP contribution in [0, 0.1) is 6.92 Å². The summed E-state index contributed by atoms with van der Waals surface area (Å²) >= 11 is 0. The summed E-state index contributed by atoms with van der Waals surface area (Å²) in [7, 11) is -4.21. The second kappa shape index (κ2) is 11.7. The van der Waals surface area contributed by atoms with Gasteiger partial charge in [-0.2, -0.15) is 8.42 Å². The maximum atomic E-state index is 13.1. The third-order valence-electron chi connectivity index (χ3n) is 6.69. The summed E-state index contributed by atoms with van der Waals surface area (Å²) in [6.45, 7) is 1.46. The van der Waals surface area contributed by atoms with Crippen molar-refractivity contribution < 1.29 is 32.0 Å². The Bertz CT molecular complexity index is 1350. The summed E-state index contributed by atoms with van der Waals surface area (Å²) in [6.07, 6.45) is -1.59. The Balaban J connectivity index is 1.61. The number of carbonyl (C=O) groups excluding carboxylic acids is 1. The molecule has 2 atom stereocenters. The molecule has 3 aromatic rings. The van der Waals surface area contributed by atoms with Crippen LogP contribution in [-0.4, -0.2) is 55.3 Å². The number of aryl methyl sites for hydroxylation is 1. The van der Waals surface area contributed by atoms with Crippen molar-refractivity contribution in [2.24, 2.45) is 0 Å². The number of amides is 2. The second-order valence-electron chi connectivity index (χ2n) is 9.28. The molecule has 1 saturated heterocycles. The van der Waals surface area contributed by atoms with Crippen LogP contribution in [-0.2, 0) is 32.1 Å². The van der Waals surface area contributed by atoms with E-state index in [1.807, 2.05) is 67.6 Å². The zero-order chi connectivity index (χ0) is 27.2. The maximum absolute atomic E-state index is 13.1. The van der Waals surface area contributed by atoms with Crippen LogP contribution in [0.2, 0.25) is 0 Å². The first-order chi connectivity index (χ1) is 18.2. The Morgan fingerprint density at radius 1 is 0.974 bits per heavy atom. The average Bonchev–Trinajstić information content (AvgIpc) is 3.25. The number of likely N-dealkylation sites (tertiary alicyclic amines) is 1. The zero-order valence-electron chi connectivity index (χ0n) is 20.9. The van der Waals surface area contributed by atoms with Crippen molar-refractivity contribution in [2.75, 3.05) is 13.2 Å². The molecular formula is C28H30N2O7S. The molecule has 2 amide bonds. The quantitative estimate of drug-likeness (QED) is 0.388. The van der Waals surface area contributed by atoms with Crippen molar-refractivity contribution >= 4 is 22.3 Å². The first-order valence-corrected chi connectivity index (χ1v) is 13.6. The number of carboxylic acid groups (broad SMARTS) is 1. The van der Waals surface area contributed by atoms with Crippen molar-refractivity contribution in [2.45, 2.75) is 42.8 Å². The molecule has 1 heterocycles. The fourth-order valence-corrected chi connectivity index (χ4v) is 5.65. The van der Waals surface area contributed by atoms with Gasteiger partial charge in [0.25, 0.3) is 10.1 Å². The Hall–Kier alpha value is -3.89. The minimum atomic E-state index is -4.21. The van der Waals surface area contributed by atoms with E-state index in [1.54, 1.807) is 12.1 Å². The topological polar surface area (TPSA) is 122 Å². The molecule has 38 heavy (non-hydrogen) atoms. The number of benzene rings is 3. The van der Waals surface area contributed by atoms with Crippen LogP contribution < -0.4 is 5.32 Å². The average molecular weight is 539 g/mol. The van der Waals surface area contributed by atoms with Crippen LogP contribution in [0.5, 0.6) is 0 Å². The minimum absolute atomic E-state index is 0.0338. The van der Waals surface area contributed by atoms with E-state index in [-0.39, 0.29) is 30.9 Å². The molecule has 4 rings (SSSR count). The fourth-order valence-electron chi connectivity index (χ4n) is 4.69. The summed E-state index contributed by atoms with van der Waals surface area (Å²) in [5.41, 5.74) is 1.04. The molecule has 1 aliphatic rings. The lowest BCUT2D eigenvalue weighted by Gasteiger charge is -2.40. The number of nitrogens with one attached hydrogen (secondary N) is 1. The van der Waals surface area contributed by atoms with Gasteiger partial charge in [0.2, 0.25) is 0 Å². The van der Waals surface area contributed by atoms with Crippen LogP contribution in [0.25, 0.3) is 0 Å². The van der Waals surface area contributed by atoms with Crippen LogP contribution in [0.3, 0.4) is 0 Å². The smallest absolute Gasteiger partial charge is 0.407 e. The van der Waals surface area contributed by atoms with Gasteiger partial charge in [0.15, 0.2) is 0 Å². The highest BCUT2D eigenvalue weighted by atomic mass is 32.2. The molecule has 3 aromatic carbocycles. The molecule has 0 saturated carbocycles. The lowest BCUT2D eigenvalue weighted by atomic mass is 9.85. The number of hydrogen-bond donors (Lipinski definition) is 2. The molecule has 2 N–H and O–H groups in total. The molecule has 200 valence electrons. The van der Waals surface area contributed by atoms with Crippen LogP contribution in [0.15, 0.2) is 89.8 Å². The lowest BCUT2D eigenvalue weighted by molar-refractivity contribution is 0.0532. The van der Waals surface area contributed by atoms with E-state index >= 15 is 0 Å². The van der Waals surface area contributed by atoms with Gasteiger partial charge in [-0.05, 0) is 36.6 Å². The van der Waals surface area contributed by atoms with Gasteiger partial charge < -0.3 is 15.2 Å². The molecule has 0 aliphatic carbocycles. The minimum Gasteiger partial charge on any atom is -0.465 e. The molecule has 0 aromatic heterocycles. The molecule has 1 aliphatic heterocycles. The predicted molar refractivity (Wildman–Crippen MR) is 140 cm³/mol. The molecule has 10 heteroatoms. The summed E-state index contributed by atoms with van der Waals surface area (Å²) in [6, 6.07) is 23.6. The van der Waals surface area contributed by atoms with Gasteiger partial charge in [0.1, 0.15) is 6.61 Å². The Labute approximate surface area is 222 Å². The molecule has 0 spiro atoms. The molecule has 0 radical (unpaired) electrons. The third kappa shape index (κ3) is 6.32. The van der Waals surface area contributed by atoms with Crippen LogP contribution in [0.1, 0.15) is 23.1 Å². The van der Waals surface area contributed by atoms with Crippen molar-refractivity contribution in [3.63, 3.8) is 0 Å². The van der Waals surface area contributed by atoms with E-state index in [0.29, 0.717) is 0 Å². The van der Waals surface area contributed by atoms with Gasteiger partial charge in [-0.25, -0.2) is 9.59 Å². The summed E-state index contributed by atoms with van der Waals surface area (Å²) < 4.78 is 37.0. The lowest BCUT2D eigenvalue weighted by Crippen LogP contribution is -2.62. The van der Waals surface area contributed by atoms with Gasteiger partial charge in [-0.15, -0.1) is 0 Å². The van der Waals surface area contributed by atoms with Gasteiger partial charge in [0.05, 0.1) is 23.1 Å². The first-order valence-electron chi connectivity index (χ1n) is 12.2. The highest BCUT2D eigenvalue weighted by molar-refractivity contribution is 7.86. The molecule has 0 unspecified atom stereocenters. The van der Waals surface area contributed by atoms with Crippen molar-refractivity contribution in [1.29, 1.82) is 0 Å². The number of hydrogen-bond acceptors (Lipinski definition) is 6. The van der Waals surface area contributed by atoms with Gasteiger partial charge in [-0.1, -0.05) is 78.4 Å². The molecule has 0 bridgehead atoms. The van der Waals surface area contributed by atoms with E-state index < -0.39 is 40.5 Å². The first kappa shape index (κ1) is 27.2. The molecule has 1 fully saturated rings. The Kier molecular flexibility index (Phi) is 8.33. The number of rotatable bonds is 9. The van der Waals surface area contributed by atoms with E-state index in [4.69, 9.17) is 8.92 Å². The number of alkyl carbamates (subject to hydrolysis) is 1. The highest BCUT2D eigenvalue weighted by Gasteiger charge is 2.53. The zero-order valence-corrected chi connectivity index (χ0v) is 21.8. The highest BCUT2D eigenvalue weighted by Crippen LogP contribution is 2.35. The van der Waals surface area contributed by atoms with Crippen molar-refractivity contribution in [3.05, 3.63) is 102 Å². The van der Waals surface area contributed by atoms with E-state index in [1.165, 1.54) is 12.1 Å². The van der Waals surface area contributed by atoms with E-state index in [9.17, 15) is 23.1 Å². The summed E-state index contributed by atoms with van der Waals surface area (Å²) in [5.74, 6) is 0. The molecule has 9 nitrogen and oxygen atoms in total. The van der Waals surface area contributed by atoms with E-state index in [0.717, 1.165) is 21.6 Å². The largest absolute Gasteiger partial charge is 0.465 e. The number of ether oxygens (including phenoxy) is 1. The van der Waals surface area contributed by atoms with Gasteiger partial charge in [0, 0.05) is 13.0 Å². The fraction of sp³-hybridized carbons (Fsp3) is 0.286. The Morgan fingerprint density at radius 3 is 2.18 bits per heavy atom. The van der Waals surface area contributed by atoms with Crippen molar-refractivity contribution in [3.8, 4) is 0 Å². The SMILES string of the molecule is Cc1ccc(S(=O)(=O)OC[C@]2(Cc3ccccc3)[C@H](NC(=O)OCc3ccccc3)CCN2C(=O)O)cc1. The normalized spacial score (nSPS) is 19.2. The van der Waals surface area contributed by atoms with Gasteiger partial charge >= 0.3 is 12.2 Å². The second-order valence-corrected chi connectivity index (χ2v) is 10.9. The number of nitrogens with zero attached hydrogens (tertiary/aromatic N) is 1. The number of carbonyl (C=O) groups is 2. The van der Waals surface area contributed by atoms with Gasteiger partial charge in [-0.3, -0.25) is 9.08 Å². The summed E-state index contributed by atoms with van der Waals surface area (Å²) in [4.78, 5) is 26.3. The summed E-state index contributed by atoms with van der Waals surface area (Å²) in [5, 5.41) is 12.9. The van der Waals surface area contributed by atoms with E-state index in [2.05, 4.69) is 5.32 Å². The Morgan fingerprint density at radius 2 is 1.58 bits per heavy atom. The monoisotopic (exact) mass is 538 g/mol. The van der Waals surface area contributed by atoms with Crippen LogP contribution in [0.4, 0.5) is 9.59 Å². The third-order valence-corrected chi connectivity index (χ3v) is 7.97. The predicted octanol–water partition coefficient (Wildman–Crippen LogP) is 4.36. The standard InChI is InChI=1S/C28H30N2O7S/c1-21-12-14-24(15-13-21)38(34,35)37-20-28(18-22-8-4-2-5-9-22)25(16-17-30(28)27(32)33)29-26(31)36-19-23-10-6-3-7-11-23/h2-15,25H,16-20H2,1H3,(H,29,31)(H,32,33)/t25-,28-/m1/s1. The maximum Gasteiger partial charge on any atom is 0.407 e. The van der Waals surface area contributed by atoms with Crippen LogP contribution >= 0.6 is 0 Å². The molecular weight excluding hydrogens is 508 g/mol. The van der Waals surface area contributed by atoms with Crippen molar-refractivity contribution in [1.82, 2.24) is 10.2 Å².